The van der Waals surface area contributed by atoms with Crippen molar-refractivity contribution in [2.24, 2.45) is 0 Å². The van der Waals surface area contributed by atoms with E-state index in [1.54, 1.807) is 26.2 Å². The minimum atomic E-state index is -0.385. The summed E-state index contributed by atoms with van der Waals surface area (Å²) in [6.45, 7) is 0.618. The quantitative estimate of drug-likeness (QED) is 0.845. The molecule has 2 aromatic rings. The van der Waals surface area contributed by atoms with E-state index in [-0.39, 0.29) is 12.1 Å². The Labute approximate surface area is 143 Å². The molecule has 0 aromatic heterocycles. The van der Waals surface area contributed by atoms with Crippen LogP contribution >= 0.6 is 0 Å². The van der Waals surface area contributed by atoms with Gasteiger partial charge < -0.3 is 19.7 Å². The highest BCUT2D eigenvalue weighted by Crippen LogP contribution is 2.21. The van der Waals surface area contributed by atoms with Gasteiger partial charge in [0.25, 0.3) is 0 Å². The van der Waals surface area contributed by atoms with E-state index < -0.39 is 0 Å². The number of carbonyl (C=O) groups is 1. The average molecular weight is 328 g/mol. The van der Waals surface area contributed by atoms with Crippen LogP contribution in [0.1, 0.15) is 18.0 Å². The fourth-order valence-corrected chi connectivity index (χ4v) is 2.25. The molecule has 0 radical (unpaired) electrons. The summed E-state index contributed by atoms with van der Waals surface area (Å²) in [6.07, 6.45) is 0.451. The van der Waals surface area contributed by atoms with Gasteiger partial charge in [-0.3, -0.25) is 0 Å². The van der Waals surface area contributed by atoms with Crippen molar-refractivity contribution in [2.75, 3.05) is 27.7 Å². The van der Waals surface area contributed by atoms with Crippen LogP contribution in [0, 0.1) is 0 Å². The van der Waals surface area contributed by atoms with Crippen molar-refractivity contribution in [1.82, 2.24) is 10.2 Å². The lowest BCUT2D eigenvalue weighted by molar-refractivity contribution is 0.172. The van der Waals surface area contributed by atoms with Crippen LogP contribution in [-0.2, 0) is 0 Å². The molecule has 1 unspecified atom stereocenters. The highest BCUT2D eigenvalue weighted by atomic mass is 16.6. The van der Waals surface area contributed by atoms with Crippen LogP contribution in [0.15, 0.2) is 54.6 Å². The smallest absolute Gasteiger partial charge is 0.414 e. The molecular formula is C19H24N2O3. The summed E-state index contributed by atoms with van der Waals surface area (Å²) in [6, 6.07) is 17.5. The summed E-state index contributed by atoms with van der Waals surface area (Å²) in [5, 5.41) is 3.29. The molecule has 0 aliphatic carbocycles. The minimum Gasteiger partial charge on any atom is -0.494 e. The number of amides is 1. The topological polar surface area (TPSA) is 50.8 Å². The lowest BCUT2D eigenvalue weighted by Gasteiger charge is -2.18. The molecule has 0 saturated carbocycles. The van der Waals surface area contributed by atoms with Crippen molar-refractivity contribution in [1.29, 1.82) is 0 Å². The molecule has 24 heavy (non-hydrogen) atoms. The molecule has 128 valence electrons. The molecule has 1 amide bonds. The third-order valence-electron chi connectivity index (χ3n) is 3.62. The monoisotopic (exact) mass is 328 g/mol. The standard InChI is InChI=1S/C19H24N2O3/c1-20-18(13-14-23-16-7-5-4-6-8-16)15-9-11-17(12-10-15)24-19(22)21(2)3/h4-12,18,20H,13-14H2,1-3H3. The lowest BCUT2D eigenvalue weighted by atomic mass is 10.0. The molecule has 0 spiro atoms. The first kappa shape index (κ1) is 17.8. The third-order valence-corrected chi connectivity index (χ3v) is 3.62. The first-order chi connectivity index (χ1) is 11.6. The Balaban J connectivity index is 1.89. The van der Waals surface area contributed by atoms with E-state index in [9.17, 15) is 4.79 Å². The number of rotatable bonds is 7. The van der Waals surface area contributed by atoms with Crippen molar-refractivity contribution in [3.63, 3.8) is 0 Å². The lowest BCUT2D eigenvalue weighted by Crippen LogP contribution is -2.25. The van der Waals surface area contributed by atoms with Gasteiger partial charge in [-0.15, -0.1) is 0 Å². The predicted molar refractivity (Wildman–Crippen MR) is 94.5 cm³/mol. The average Bonchev–Trinajstić information content (AvgIpc) is 2.60. The SMILES string of the molecule is CNC(CCOc1ccccc1)c1ccc(OC(=O)N(C)C)cc1. The maximum Gasteiger partial charge on any atom is 0.414 e. The number of ether oxygens (including phenoxy) is 2. The first-order valence-electron chi connectivity index (χ1n) is 7.94. The highest BCUT2D eigenvalue weighted by Gasteiger charge is 2.11. The summed E-state index contributed by atoms with van der Waals surface area (Å²) < 4.78 is 11.0. The van der Waals surface area contributed by atoms with Gasteiger partial charge in [-0.1, -0.05) is 30.3 Å². The molecule has 0 aliphatic rings. The zero-order valence-electron chi connectivity index (χ0n) is 14.4. The summed E-state index contributed by atoms with van der Waals surface area (Å²) in [5.74, 6) is 1.41. The van der Waals surface area contributed by atoms with Gasteiger partial charge in [-0.05, 0) is 36.9 Å². The molecule has 5 nitrogen and oxygen atoms in total. The van der Waals surface area contributed by atoms with Gasteiger partial charge in [0.1, 0.15) is 11.5 Å². The van der Waals surface area contributed by atoms with Gasteiger partial charge in [-0.2, -0.15) is 0 Å². The van der Waals surface area contributed by atoms with Crippen molar-refractivity contribution < 1.29 is 14.3 Å². The number of nitrogens with one attached hydrogen (secondary N) is 1. The first-order valence-corrected chi connectivity index (χ1v) is 7.94. The summed E-state index contributed by atoms with van der Waals surface area (Å²) in [7, 11) is 5.23. The van der Waals surface area contributed by atoms with Crippen molar-refractivity contribution in [2.45, 2.75) is 12.5 Å². The summed E-state index contributed by atoms with van der Waals surface area (Å²) in [5.41, 5.74) is 1.12. The molecule has 1 N–H and O–H groups in total. The molecule has 0 heterocycles. The van der Waals surface area contributed by atoms with Crippen LogP contribution in [0.3, 0.4) is 0 Å². The molecule has 2 aromatic carbocycles. The Kier molecular flexibility index (Phi) is 6.63. The van der Waals surface area contributed by atoms with E-state index in [1.807, 2.05) is 49.5 Å². The van der Waals surface area contributed by atoms with Crippen LogP contribution in [0.2, 0.25) is 0 Å². The van der Waals surface area contributed by atoms with E-state index in [0.717, 1.165) is 17.7 Å². The van der Waals surface area contributed by atoms with E-state index in [2.05, 4.69) is 5.32 Å². The zero-order chi connectivity index (χ0) is 17.4. The molecule has 2 rings (SSSR count). The van der Waals surface area contributed by atoms with Gasteiger partial charge >= 0.3 is 6.09 Å². The zero-order valence-corrected chi connectivity index (χ0v) is 14.4. The number of benzene rings is 2. The number of nitrogens with zero attached hydrogens (tertiary/aromatic N) is 1. The van der Waals surface area contributed by atoms with E-state index in [0.29, 0.717) is 12.4 Å². The molecule has 0 saturated heterocycles. The Morgan fingerprint density at radius 3 is 2.29 bits per heavy atom. The van der Waals surface area contributed by atoms with Crippen LogP contribution in [0.25, 0.3) is 0 Å². The number of carbonyl (C=O) groups excluding carboxylic acids is 1. The second kappa shape index (κ2) is 8.93. The summed E-state index contributed by atoms with van der Waals surface area (Å²) >= 11 is 0. The molecule has 0 aliphatic heterocycles. The maximum atomic E-state index is 11.5. The van der Waals surface area contributed by atoms with E-state index in [4.69, 9.17) is 9.47 Å². The molecule has 0 fully saturated rings. The summed E-state index contributed by atoms with van der Waals surface area (Å²) in [4.78, 5) is 12.9. The highest BCUT2D eigenvalue weighted by molar-refractivity contribution is 5.69. The van der Waals surface area contributed by atoms with E-state index in [1.165, 1.54) is 4.90 Å². The maximum absolute atomic E-state index is 11.5. The molecule has 5 heteroatoms. The van der Waals surface area contributed by atoms with Gasteiger partial charge in [0.15, 0.2) is 0 Å². The third kappa shape index (κ3) is 5.28. The molecule has 0 bridgehead atoms. The van der Waals surface area contributed by atoms with E-state index >= 15 is 0 Å². The fraction of sp³-hybridized carbons (Fsp3) is 0.316. The Bertz CT molecular complexity index is 627. The van der Waals surface area contributed by atoms with Gasteiger partial charge in [-0.25, -0.2) is 4.79 Å². The van der Waals surface area contributed by atoms with Crippen LogP contribution in [-0.4, -0.2) is 38.7 Å². The second-order valence-electron chi connectivity index (χ2n) is 5.62. The largest absolute Gasteiger partial charge is 0.494 e. The normalized spacial score (nSPS) is 11.6. The Hall–Kier alpha value is -2.53. The Morgan fingerprint density at radius 2 is 1.71 bits per heavy atom. The minimum absolute atomic E-state index is 0.173. The molecular weight excluding hydrogens is 304 g/mol. The van der Waals surface area contributed by atoms with Crippen molar-refractivity contribution in [3.05, 3.63) is 60.2 Å². The number of hydrogen-bond acceptors (Lipinski definition) is 4. The van der Waals surface area contributed by atoms with Gasteiger partial charge in [0, 0.05) is 26.6 Å². The van der Waals surface area contributed by atoms with Crippen LogP contribution < -0.4 is 14.8 Å². The second-order valence-corrected chi connectivity index (χ2v) is 5.62. The Morgan fingerprint density at radius 1 is 1.04 bits per heavy atom. The van der Waals surface area contributed by atoms with Crippen LogP contribution in [0.4, 0.5) is 4.79 Å². The fourth-order valence-electron chi connectivity index (χ4n) is 2.25. The number of para-hydroxylation sites is 1. The predicted octanol–water partition coefficient (Wildman–Crippen LogP) is 3.48. The van der Waals surface area contributed by atoms with Crippen molar-refractivity contribution >= 4 is 6.09 Å². The van der Waals surface area contributed by atoms with Crippen molar-refractivity contribution in [3.8, 4) is 11.5 Å². The van der Waals surface area contributed by atoms with Gasteiger partial charge in [0.05, 0.1) is 6.61 Å². The number of hydrogen-bond donors (Lipinski definition) is 1. The van der Waals surface area contributed by atoms with Crippen LogP contribution in [0.5, 0.6) is 11.5 Å². The molecule has 1 atom stereocenters. The van der Waals surface area contributed by atoms with Gasteiger partial charge in [0.2, 0.25) is 0 Å².